The zero-order chi connectivity index (χ0) is 21.6. The highest BCUT2D eigenvalue weighted by Crippen LogP contribution is 2.24. The Labute approximate surface area is 183 Å². The van der Waals surface area contributed by atoms with Crippen LogP contribution in [-0.2, 0) is 22.6 Å². The predicted octanol–water partition coefficient (Wildman–Crippen LogP) is 5.26. The number of amides is 2. The number of halogens is 2. The Bertz CT molecular complexity index is 848. The number of rotatable bonds is 7. The topological polar surface area (TPSA) is 49.4 Å². The molecule has 0 aliphatic heterocycles. The summed E-state index contributed by atoms with van der Waals surface area (Å²) in [6.45, 7) is 7.90. The van der Waals surface area contributed by atoms with Gasteiger partial charge in [-0.1, -0.05) is 66.5 Å². The highest BCUT2D eigenvalue weighted by Gasteiger charge is 2.31. The van der Waals surface area contributed by atoms with Crippen LogP contribution in [0.15, 0.2) is 48.5 Å². The van der Waals surface area contributed by atoms with Crippen LogP contribution in [0.5, 0.6) is 0 Å². The van der Waals surface area contributed by atoms with Gasteiger partial charge in [-0.2, -0.15) is 0 Å². The predicted molar refractivity (Wildman–Crippen MR) is 119 cm³/mol. The fourth-order valence-electron chi connectivity index (χ4n) is 3.08. The molecule has 2 aromatic rings. The molecule has 0 saturated heterocycles. The van der Waals surface area contributed by atoms with Crippen molar-refractivity contribution in [3.8, 4) is 0 Å². The number of benzene rings is 2. The van der Waals surface area contributed by atoms with Gasteiger partial charge in [0, 0.05) is 22.1 Å². The third kappa shape index (κ3) is 7.06. The van der Waals surface area contributed by atoms with Crippen molar-refractivity contribution >= 4 is 35.0 Å². The van der Waals surface area contributed by atoms with Crippen molar-refractivity contribution in [2.24, 2.45) is 0 Å². The van der Waals surface area contributed by atoms with Crippen LogP contribution in [0, 0.1) is 0 Å². The maximum atomic E-state index is 13.2. The van der Waals surface area contributed by atoms with E-state index in [1.807, 2.05) is 58.0 Å². The largest absolute Gasteiger partial charge is 0.350 e. The molecule has 0 aliphatic carbocycles. The molecule has 2 rings (SSSR count). The van der Waals surface area contributed by atoms with Gasteiger partial charge in [0.25, 0.3) is 0 Å². The lowest BCUT2D eigenvalue weighted by Gasteiger charge is -2.33. The van der Waals surface area contributed by atoms with Gasteiger partial charge in [0.2, 0.25) is 11.8 Å². The summed E-state index contributed by atoms with van der Waals surface area (Å²) in [4.78, 5) is 27.8. The van der Waals surface area contributed by atoms with Gasteiger partial charge in [-0.15, -0.1) is 0 Å². The van der Waals surface area contributed by atoms with E-state index < -0.39 is 11.6 Å². The molecular weight excluding hydrogens is 407 g/mol. The summed E-state index contributed by atoms with van der Waals surface area (Å²) in [5.74, 6) is -0.301. The molecule has 0 aromatic heterocycles. The van der Waals surface area contributed by atoms with Gasteiger partial charge in [0.05, 0.1) is 6.42 Å². The second-order valence-corrected chi connectivity index (χ2v) is 8.93. The van der Waals surface area contributed by atoms with Gasteiger partial charge < -0.3 is 10.2 Å². The van der Waals surface area contributed by atoms with Gasteiger partial charge in [-0.25, -0.2) is 0 Å². The molecule has 0 spiro atoms. The van der Waals surface area contributed by atoms with Crippen LogP contribution in [0.1, 0.15) is 45.2 Å². The maximum absolute atomic E-state index is 13.2. The number of nitrogens with one attached hydrogen (secondary N) is 1. The van der Waals surface area contributed by atoms with Crippen molar-refractivity contribution < 1.29 is 9.59 Å². The summed E-state index contributed by atoms with van der Waals surface area (Å²) in [7, 11) is 0. The van der Waals surface area contributed by atoms with E-state index in [1.54, 1.807) is 23.1 Å². The van der Waals surface area contributed by atoms with E-state index in [0.29, 0.717) is 16.5 Å². The van der Waals surface area contributed by atoms with Gasteiger partial charge >= 0.3 is 0 Å². The molecule has 1 atom stereocenters. The molecule has 6 heteroatoms. The van der Waals surface area contributed by atoms with Gasteiger partial charge in [-0.3, -0.25) is 9.59 Å². The van der Waals surface area contributed by atoms with E-state index in [-0.39, 0.29) is 24.8 Å². The molecular formula is C23H28Cl2N2O2. The van der Waals surface area contributed by atoms with E-state index >= 15 is 0 Å². The standard InChI is InChI=1S/C23H28Cl2N2O2/c1-5-20(22(29)26-23(2,3)4)27(15-17-11-12-18(24)14-19(17)25)21(28)13-16-9-7-6-8-10-16/h6-12,14,20H,5,13,15H2,1-4H3,(H,26,29). The normalized spacial score (nSPS) is 12.3. The third-order valence-corrected chi connectivity index (χ3v) is 5.03. The molecule has 156 valence electrons. The molecule has 0 radical (unpaired) electrons. The number of carbonyl (C=O) groups is 2. The summed E-state index contributed by atoms with van der Waals surface area (Å²) in [5, 5.41) is 3.99. The van der Waals surface area contributed by atoms with Crippen LogP contribution >= 0.6 is 23.2 Å². The second kappa shape index (κ2) is 10.1. The first-order valence-electron chi connectivity index (χ1n) is 9.70. The summed E-state index contributed by atoms with van der Waals surface area (Å²) in [6, 6.07) is 14.1. The van der Waals surface area contributed by atoms with Crippen molar-refractivity contribution in [1.29, 1.82) is 0 Å². The van der Waals surface area contributed by atoms with Crippen LogP contribution in [0.4, 0.5) is 0 Å². The molecule has 0 bridgehead atoms. The van der Waals surface area contributed by atoms with Crippen molar-refractivity contribution in [2.45, 2.75) is 58.7 Å². The summed E-state index contributed by atoms with van der Waals surface area (Å²) in [5.41, 5.74) is 1.26. The Morgan fingerprint density at radius 1 is 1.07 bits per heavy atom. The second-order valence-electron chi connectivity index (χ2n) is 8.08. The lowest BCUT2D eigenvalue weighted by atomic mass is 10.0. The monoisotopic (exact) mass is 434 g/mol. The van der Waals surface area contributed by atoms with E-state index in [1.165, 1.54) is 0 Å². The van der Waals surface area contributed by atoms with E-state index in [0.717, 1.165) is 11.1 Å². The van der Waals surface area contributed by atoms with E-state index in [9.17, 15) is 9.59 Å². The van der Waals surface area contributed by atoms with E-state index in [4.69, 9.17) is 23.2 Å². The molecule has 2 aromatic carbocycles. The van der Waals surface area contributed by atoms with Gasteiger partial charge in [-0.05, 0) is 50.5 Å². The Kier molecular flexibility index (Phi) is 8.12. The van der Waals surface area contributed by atoms with E-state index in [2.05, 4.69) is 5.32 Å². The zero-order valence-electron chi connectivity index (χ0n) is 17.3. The Morgan fingerprint density at radius 3 is 2.28 bits per heavy atom. The molecule has 0 fully saturated rings. The SMILES string of the molecule is CCC(C(=O)NC(C)(C)C)N(Cc1ccc(Cl)cc1Cl)C(=O)Cc1ccccc1. The first-order chi connectivity index (χ1) is 13.6. The summed E-state index contributed by atoms with van der Waals surface area (Å²) in [6.07, 6.45) is 0.707. The average Bonchev–Trinajstić information content (AvgIpc) is 2.62. The molecule has 0 aliphatic rings. The minimum Gasteiger partial charge on any atom is -0.350 e. The minimum atomic E-state index is -0.600. The van der Waals surface area contributed by atoms with Crippen LogP contribution in [0.25, 0.3) is 0 Å². The van der Waals surface area contributed by atoms with Crippen molar-refractivity contribution in [2.75, 3.05) is 0 Å². The first-order valence-corrected chi connectivity index (χ1v) is 10.5. The lowest BCUT2D eigenvalue weighted by molar-refractivity contribution is -0.141. The fraction of sp³-hybridized carbons (Fsp3) is 0.391. The number of carbonyl (C=O) groups excluding carboxylic acids is 2. The summed E-state index contributed by atoms with van der Waals surface area (Å²) >= 11 is 12.4. The van der Waals surface area contributed by atoms with Crippen LogP contribution < -0.4 is 5.32 Å². The Hall–Kier alpha value is -2.04. The van der Waals surface area contributed by atoms with Crippen LogP contribution in [0.2, 0.25) is 10.0 Å². The van der Waals surface area contributed by atoms with Crippen LogP contribution in [0.3, 0.4) is 0 Å². The summed E-state index contributed by atoms with van der Waals surface area (Å²) < 4.78 is 0. The molecule has 29 heavy (non-hydrogen) atoms. The number of hydrogen-bond donors (Lipinski definition) is 1. The smallest absolute Gasteiger partial charge is 0.243 e. The van der Waals surface area contributed by atoms with Crippen LogP contribution in [-0.4, -0.2) is 28.3 Å². The molecule has 1 unspecified atom stereocenters. The highest BCUT2D eigenvalue weighted by molar-refractivity contribution is 6.35. The van der Waals surface area contributed by atoms with Gasteiger partial charge in [0.1, 0.15) is 6.04 Å². The molecule has 2 amide bonds. The average molecular weight is 435 g/mol. The Balaban J connectivity index is 2.34. The molecule has 4 nitrogen and oxygen atoms in total. The fourth-order valence-corrected chi connectivity index (χ4v) is 3.55. The van der Waals surface area contributed by atoms with Crippen molar-refractivity contribution in [1.82, 2.24) is 10.2 Å². The number of hydrogen-bond acceptors (Lipinski definition) is 2. The molecule has 0 heterocycles. The first kappa shape index (κ1) is 23.2. The maximum Gasteiger partial charge on any atom is 0.243 e. The van der Waals surface area contributed by atoms with Gasteiger partial charge in [0.15, 0.2) is 0 Å². The van der Waals surface area contributed by atoms with Crippen molar-refractivity contribution in [3.63, 3.8) is 0 Å². The quantitative estimate of drug-likeness (QED) is 0.645. The molecule has 1 N–H and O–H groups in total. The third-order valence-electron chi connectivity index (χ3n) is 4.44. The highest BCUT2D eigenvalue weighted by atomic mass is 35.5. The molecule has 0 saturated carbocycles. The Morgan fingerprint density at radius 2 is 1.72 bits per heavy atom. The minimum absolute atomic E-state index is 0.127. The van der Waals surface area contributed by atoms with Crippen molar-refractivity contribution in [3.05, 3.63) is 69.7 Å². The zero-order valence-corrected chi connectivity index (χ0v) is 18.8. The lowest BCUT2D eigenvalue weighted by Crippen LogP contribution is -2.53. The number of nitrogens with zero attached hydrogens (tertiary/aromatic N) is 1.